The van der Waals surface area contributed by atoms with Gasteiger partial charge in [0.25, 0.3) is 5.69 Å². The first-order valence-electron chi connectivity index (χ1n) is 9.20. The van der Waals surface area contributed by atoms with E-state index in [1.165, 1.54) is 31.5 Å². The fraction of sp³-hybridized carbons (Fsp3) is 0.286. The molecule has 0 radical (unpaired) electrons. The van der Waals surface area contributed by atoms with Crippen molar-refractivity contribution >= 4 is 17.6 Å². The van der Waals surface area contributed by atoms with Gasteiger partial charge in [0.2, 0.25) is 0 Å². The Morgan fingerprint density at radius 1 is 1.23 bits per heavy atom. The van der Waals surface area contributed by atoms with E-state index >= 15 is 0 Å². The predicted octanol–water partition coefficient (Wildman–Crippen LogP) is 2.53. The molecule has 9 nitrogen and oxygen atoms in total. The van der Waals surface area contributed by atoms with Gasteiger partial charge in [0, 0.05) is 35.5 Å². The predicted molar refractivity (Wildman–Crippen MR) is 107 cm³/mol. The number of aliphatic carboxylic acids is 1. The quantitative estimate of drug-likeness (QED) is 0.436. The first kappa shape index (κ1) is 21.0. The molecule has 0 fully saturated rings. The lowest BCUT2D eigenvalue weighted by Gasteiger charge is -2.46. The average molecular weight is 411 g/mol. The molecular formula is C21H21N3O6. The number of rotatable bonds is 5. The molecule has 0 aliphatic carbocycles. The lowest BCUT2D eigenvalue weighted by atomic mass is 9.60. The number of hydrogen-bond acceptors (Lipinski definition) is 7. The molecule has 3 rings (SSSR count). The maximum Gasteiger partial charge on any atom is 0.336 e. The normalized spacial score (nSPS) is 23.4. The van der Waals surface area contributed by atoms with Crippen LogP contribution in [0.2, 0.25) is 0 Å². The van der Waals surface area contributed by atoms with Gasteiger partial charge in [0.05, 0.1) is 23.3 Å². The molecule has 2 N–H and O–H groups in total. The highest BCUT2D eigenvalue weighted by Crippen LogP contribution is 2.51. The third-order valence-corrected chi connectivity index (χ3v) is 5.56. The van der Waals surface area contributed by atoms with Crippen molar-refractivity contribution in [2.75, 3.05) is 7.11 Å². The van der Waals surface area contributed by atoms with Crippen molar-refractivity contribution in [1.29, 1.82) is 0 Å². The Hall–Kier alpha value is -3.75. The summed E-state index contributed by atoms with van der Waals surface area (Å²) in [4.78, 5) is 41.2. The molecular weight excluding hydrogens is 390 g/mol. The van der Waals surface area contributed by atoms with Crippen molar-refractivity contribution in [3.8, 4) is 0 Å². The summed E-state index contributed by atoms with van der Waals surface area (Å²) in [6.45, 7) is 3.27. The molecule has 3 atom stereocenters. The Kier molecular flexibility index (Phi) is 5.55. The van der Waals surface area contributed by atoms with E-state index in [1.54, 1.807) is 38.1 Å². The van der Waals surface area contributed by atoms with E-state index in [0.29, 0.717) is 5.70 Å². The molecule has 1 aromatic carbocycles. The molecule has 1 aromatic heterocycles. The highest BCUT2D eigenvalue weighted by molar-refractivity contribution is 5.96. The Labute approximate surface area is 172 Å². The lowest BCUT2D eigenvalue weighted by molar-refractivity contribution is -0.385. The number of hydrogen-bond donors (Lipinski definition) is 2. The molecule has 0 spiro atoms. The first-order chi connectivity index (χ1) is 14.3. The van der Waals surface area contributed by atoms with Gasteiger partial charge in [0.1, 0.15) is 5.41 Å². The van der Waals surface area contributed by atoms with Gasteiger partial charge in [0.15, 0.2) is 0 Å². The number of carbonyl (C=O) groups is 2. The summed E-state index contributed by atoms with van der Waals surface area (Å²) in [6.07, 6.45) is 1.45. The second-order valence-electron chi connectivity index (χ2n) is 7.03. The zero-order chi connectivity index (χ0) is 22.1. The minimum atomic E-state index is -1.81. The monoisotopic (exact) mass is 411 g/mol. The number of carboxylic acid groups (broad SMARTS) is 1. The van der Waals surface area contributed by atoms with Crippen LogP contribution in [0.1, 0.15) is 31.0 Å². The number of para-hydroxylation sites is 1. The van der Waals surface area contributed by atoms with Gasteiger partial charge >= 0.3 is 11.9 Å². The molecule has 0 bridgehead atoms. The number of pyridine rings is 1. The molecule has 3 unspecified atom stereocenters. The number of nitro groups is 1. The van der Waals surface area contributed by atoms with Gasteiger partial charge in [-0.1, -0.05) is 24.3 Å². The van der Waals surface area contributed by atoms with E-state index in [9.17, 15) is 24.8 Å². The van der Waals surface area contributed by atoms with E-state index in [1.807, 2.05) is 0 Å². The minimum absolute atomic E-state index is 0.0120. The van der Waals surface area contributed by atoms with Crippen molar-refractivity contribution in [3.05, 3.63) is 81.3 Å². The maximum atomic E-state index is 12.9. The minimum Gasteiger partial charge on any atom is -0.480 e. The van der Waals surface area contributed by atoms with Gasteiger partial charge in [-0.15, -0.1) is 0 Å². The molecule has 2 aromatic rings. The largest absolute Gasteiger partial charge is 0.480 e. The highest BCUT2D eigenvalue weighted by atomic mass is 16.6. The number of carbonyl (C=O) groups excluding carboxylic acids is 1. The number of allylic oxidation sites excluding steroid dienone is 1. The second-order valence-corrected chi connectivity index (χ2v) is 7.03. The van der Waals surface area contributed by atoms with Crippen molar-refractivity contribution in [2.24, 2.45) is 0 Å². The smallest absolute Gasteiger partial charge is 0.336 e. The van der Waals surface area contributed by atoms with Crippen LogP contribution in [-0.4, -0.2) is 40.1 Å². The third kappa shape index (κ3) is 3.08. The molecule has 1 aliphatic heterocycles. The number of aromatic nitrogens is 1. The first-order valence-corrected chi connectivity index (χ1v) is 9.20. The average Bonchev–Trinajstić information content (AvgIpc) is 2.73. The van der Waals surface area contributed by atoms with Gasteiger partial charge in [-0.25, -0.2) is 4.79 Å². The lowest BCUT2D eigenvalue weighted by Crippen LogP contribution is -2.60. The maximum absolute atomic E-state index is 12.9. The van der Waals surface area contributed by atoms with Crippen LogP contribution in [0.3, 0.4) is 0 Å². The van der Waals surface area contributed by atoms with E-state index in [2.05, 4.69) is 10.3 Å². The summed E-state index contributed by atoms with van der Waals surface area (Å²) in [6, 6.07) is 9.90. The molecule has 9 heteroatoms. The van der Waals surface area contributed by atoms with Crippen LogP contribution < -0.4 is 5.32 Å². The Morgan fingerprint density at radius 3 is 2.47 bits per heavy atom. The summed E-state index contributed by atoms with van der Waals surface area (Å²) < 4.78 is 4.94. The number of benzene rings is 1. The van der Waals surface area contributed by atoms with Gasteiger partial charge in [-0.2, -0.15) is 0 Å². The van der Waals surface area contributed by atoms with Crippen LogP contribution in [0.25, 0.3) is 0 Å². The van der Waals surface area contributed by atoms with Crippen LogP contribution in [0.15, 0.2) is 59.9 Å². The second kappa shape index (κ2) is 7.94. The van der Waals surface area contributed by atoms with Crippen molar-refractivity contribution in [2.45, 2.75) is 31.2 Å². The Bertz CT molecular complexity index is 1040. The number of methoxy groups -OCH3 is 1. The summed E-state index contributed by atoms with van der Waals surface area (Å²) in [5, 5.41) is 25.3. The van der Waals surface area contributed by atoms with E-state index in [4.69, 9.17) is 4.74 Å². The number of esters is 1. The number of ether oxygens (including phenoxy) is 1. The Morgan fingerprint density at radius 2 is 1.90 bits per heavy atom. The van der Waals surface area contributed by atoms with Crippen LogP contribution in [0.4, 0.5) is 5.69 Å². The Balaban J connectivity index is 2.48. The standard InChI is InChI=1S/C21H21N3O6/c1-12-17(19(25)30-3)18(14-8-4-5-9-15(14)24(28)29)21(20(26)27,13(2)23-12)16-10-6-7-11-22-16/h4-11,13,18,23H,1-3H3,(H,26,27). The summed E-state index contributed by atoms with van der Waals surface area (Å²) >= 11 is 0. The van der Waals surface area contributed by atoms with Gasteiger partial charge < -0.3 is 15.2 Å². The van der Waals surface area contributed by atoms with Crippen molar-refractivity contribution in [1.82, 2.24) is 10.3 Å². The van der Waals surface area contributed by atoms with Crippen molar-refractivity contribution < 1.29 is 24.4 Å². The van der Waals surface area contributed by atoms with E-state index in [-0.39, 0.29) is 22.5 Å². The molecule has 1 aliphatic rings. The highest BCUT2D eigenvalue weighted by Gasteiger charge is 2.60. The van der Waals surface area contributed by atoms with Crippen molar-refractivity contribution in [3.63, 3.8) is 0 Å². The summed E-state index contributed by atoms with van der Waals surface area (Å²) in [5.41, 5.74) is -1.41. The van der Waals surface area contributed by atoms with Crippen LogP contribution in [0, 0.1) is 10.1 Å². The SMILES string of the molecule is COC(=O)C1=C(C)NC(C)C(C(=O)O)(c2ccccn2)C1c1ccccc1[N+](=O)[O-]. The van der Waals surface area contributed by atoms with Gasteiger partial charge in [-0.05, 0) is 26.0 Å². The fourth-order valence-electron chi connectivity index (χ4n) is 4.29. The topological polar surface area (TPSA) is 132 Å². The number of nitrogens with one attached hydrogen (secondary N) is 1. The van der Waals surface area contributed by atoms with Crippen LogP contribution in [0.5, 0.6) is 0 Å². The number of nitrogens with zero attached hydrogens (tertiary/aromatic N) is 2. The van der Waals surface area contributed by atoms with E-state index < -0.39 is 34.2 Å². The number of carboxylic acids is 1. The summed E-state index contributed by atoms with van der Waals surface area (Å²) in [5.74, 6) is -3.25. The zero-order valence-corrected chi connectivity index (χ0v) is 16.7. The molecule has 2 heterocycles. The van der Waals surface area contributed by atoms with Crippen LogP contribution >= 0.6 is 0 Å². The fourth-order valence-corrected chi connectivity index (χ4v) is 4.29. The molecule has 0 saturated carbocycles. The summed E-state index contributed by atoms with van der Waals surface area (Å²) in [7, 11) is 1.18. The van der Waals surface area contributed by atoms with E-state index in [0.717, 1.165) is 0 Å². The molecule has 156 valence electrons. The van der Waals surface area contributed by atoms with Gasteiger partial charge in [-0.3, -0.25) is 19.9 Å². The molecule has 30 heavy (non-hydrogen) atoms. The number of nitro benzene ring substituents is 1. The van der Waals surface area contributed by atoms with Crippen LogP contribution in [-0.2, 0) is 19.7 Å². The third-order valence-electron chi connectivity index (χ3n) is 5.56. The zero-order valence-electron chi connectivity index (χ0n) is 16.7. The molecule has 0 saturated heterocycles. The molecule has 0 amide bonds.